The molecule has 6 amide bonds. The predicted octanol–water partition coefficient (Wildman–Crippen LogP) is 10.8. The summed E-state index contributed by atoms with van der Waals surface area (Å²) in [5.41, 5.74) is 31.6. The first-order valence-electron chi connectivity index (χ1n) is 34.9. The molecule has 0 saturated carbocycles. The molecule has 22 N–H and O–H groups in total. The first kappa shape index (κ1) is 81.9. The van der Waals surface area contributed by atoms with Gasteiger partial charge in [-0.25, -0.2) is 4.99 Å². The van der Waals surface area contributed by atoms with Crippen LogP contribution in [0.25, 0.3) is 0 Å². The molecule has 1 unspecified atom stereocenters. The van der Waals surface area contributed by atoms with Gasteiger partial charge in [-0.2, -0.15) is 0 Å². The maximum Gasteiger partial charge on any atom is 0.255 e. The van der Waals surface area contributed by atoms with Gasteiger partial charge >= 0.3 is 0 Å². The van der Waals surface area contributed by atoms with Gasteiger partial charge in [-0.1, -0.05) is 88.3 Å². The van der Waals surface area contributed by atoms with Gasteiger partial charge in [-0.15, -0.1) is 47.0 Å². The number of hydrogen-bond acceptors (Lipinski definition) is 20. The highest BCUT2D eigenvalue weighted by atomic mass is 32.2. The number of thioether (sulfide) groups is 4. The van der Waals surface area contributed by atoms with Gasteiger partial charge < -0.3 is 86.7 Å². The van der Waals surface area contributed by atoms with Crippen LogP contribution in [0.5, 0.6) is 0 Å². The molecule has 0 bridgehead atoms. The van der Waals surface area contributed by atoms with Gasteiger partial charge in [0.05, 0.1) is 66.3 Å². The lowest BCUT2D eigenvalue weighted by atomic mass is 9.78. The number of guanidine groups is 4. The smallest absolute Gasteiger partial charge is 0.255 e. The van der Waals surface area contributed by atoms with Crippen LogP contribution in [0.4, 0.5) is 45.5 Å². The Bertz CT molecular complexity index is 4370. The van der Waals surface area contributed by atoms with Crippen molar-refractivity contribution < 1.29 is 28.8 Å². The maximum absolute atomic E-state index is 14.7. The fourth-order valence-corrected chi connectivity index (χ4v) is 15.1. The normalized spacial score (nSPS) is 13.6. The van der Waals surface area contributed by atoms with E-state index < -0.39 is 29.0 Å². The average Bonchev–Trinajstić information content (AvgIpc) is 0.959. The van der Waals surface area contributed by atoms with Crippen LogP contribution in [-0.2, 0) is 31.2 Å². The Morgan fingerprint density at radius 2 is 0.802 bits per heavy atom. The Hall–Kier alpha value is -9.78. The molecule has 0 radical (unpaired) electrons. The topological polar surface area (TPSA) is 423 Å². The van der Waals surface area contributed by atoms with E-state index in [2.05, 4.69) is 124 Å². The highest BCUT2D eigenvalue weighted by molar-refractivity contribution is 8.00. The number of carbonyl (C=O) groups excluding carboxylic acids is 6. The zero-order valence-electron chi connectivity index (χ0n) is 62.6. The maximum atomic E-state index is 14.7. The van der Waals surface area contributed by atoms with Gasteiger partial charge in [0.2, 0.25) is 11.8 Å². The van der Waals surface area contributed by atoms with Gasteiger partial charge in [0.15, 0.2) is 23.8 Å². The van der Waals surface area contributed by atoms with E-state index in [-0.39, 0.29) is 68.3 Å². The minimum absolute atomic E-state index is 0.170. The Kier molecular flexibility index (Phi) is 27.8. The van der Waals surface area contributed by atoms with Gasteiger partial charge in [0, 0.05) is 110 Å². The third kappa shape index (κ3) is 23.4. The molecule has 0 fully saturated rings. The van der Waals surface area contributed by atoms with Crippen LogP contribution in [0.15, 0.2) is 127 Å². The van der Waals surface area contributed by atoms with Crippen LogP contribution in [0, 0.1) is 10.8 Å². The zero-order valence-corrected chi connectivity index (χ0v) is 65.9. The molecule has 0 aromatic heterocycles. The molecule has 0 saturated heterocycles. The number of nitrogens with zero attached hydrogens (tertiary/aromatic N) is 2. The van der Waals surface area contributed by atoms with Crippen molar-refractivity contribution in [2.75, 3.05) is 112 Å². The number of hydrogen-bond donors (Lipinski definition) is 18. The molecule has 2 aliphatic rings. The Labute approximate surface area is 638 Å². The van der Waals surface area contributed by atoms with E-state index in [9.17, 15) is 28.8 Å². The summed E-state index contributed by atoms with van der Waals surface area (Å²) in [7, 11) is 0. The largest absolute Gasteiger partial charge is 0.398 e. The highest BCUT2D eigenvalue weighted by Crippen LogP contribution is 2.44. The van der Waals surface area contributed by atoms with Gasteiger partial charge in [-0.05, 0) is 135 Å². The summed E-state index contributed by atoms with van der Waals surface area (Å²) in [5, 5.41) is 52.7. The summed E-state index contributed by atoms with van der Waals surface area (Å²) in [5.74, 6) is 0.512. The van der Waals surface area contributed by atoms with Gasteiger partial charge in [-0.3, -0.25) is 44.6 Å². The van der Waals surface area contributed by atoms with Crippen LogP contribution < -0.4 is 86.7 Å². The third-order valence-electron chi connectivity index (χ3n) is 17.0. The highest BCUT2D eigenvalue weighted by Gasteiger charge is 2.32. The molecule has 26 nitrogen and oxygen atoms in total. The molecule has 2 heterocycles. The summed E-state index contributed by atoms with van der Waals surface area (Å²) >= 11 is 5.73. The van der Waals surface area contributed by atoms with E-state index >= 15 is 0 Å². The minimum Gasteiger partial charge on any atom is -0.398 e. The third-order valence-corrected chi connectivity index (χ3v) is 21.6. The number of amides is 6. The van der Waals surface area contributed by atoms with Crippen molar-refractivity contribution in [3.05, 3.63) is 142 Å². The lowest BCUT2D eigenvalue weighted by Crippen LogP contribution is -2.35. The minimum atomic E-state index is -0.611. The number of nitrogens with one attached hydrogen (secondary N) is 14. The van der Waals surface area contributed by atoms with E-state index in [0.717, 1.165) is 46.2 Å². The van der Waals surface area contributed by atoms with Crippen LogP contribution >= 0.6 is 47.0 Å². The molecule has 2 aliphatic heterocycles. The van der Waals surface area contributed by atoms with Crippen molar-refractivity contribution in [1.29, 1.82) is 10.8 Å². The second kappa shape index (κ2) is 36.0. The molecule has 0 spiro atoms. The Morgan fingerprint density at radius 1 is 0.462 bits per heavy atom. The first-order chi connectivity index (χ1) is 49.9. The SMILES string of the molecule is CC(=O)Nc1cc(C(C)(C)C)cc(NC(=O)c2cccc(C(=O)Nc3cc(C(C)(C)CC4CNC(NCCSc5c(N)cc(C(C)(C)C)cc5NC(=O)c5cccc(C(=O)Nc6cc(C(C)(C)C)cc(N)c6SCCNC6=NCCN6)c5)=N4)cc(NC(C)=O)c3SCCNC(=N)N)c2)c1SCCNC(=N)N. The fourth-order valence-electron chi connectivity index (χ4n) is 11.5. The van der Waals surface area contributed by atoms with E-state index in [1.807, 2.05) is 69.3 Å². The summed E-state index contributed by atoms with van der Waals surface area (Å²) in [6.07, 6.45) is 0.543. The van der Waals surface area contributed by atoms with Gasteiger partial charge in [0.25, 0.3) is 23.6 Å². The molecule has 6 aromatic carbocycles. The summed E-state index contributed by atoms with van der Waals surface area (Å²) < 4.78 is 0. The summed E-state index contributed by atoms with van der Waals surface area (Å²) in [4.78, 5) is 95.2. The van der Waals surface area contributed by atoms with E-state index in [0.29, 0.717) is 128 Å². The zero-order chi connectivity index (χ0) is 77.4. The predicted molar refractivity (Wildman–Crippen MR) is 440 cm³/mol. The number of aliphatic imine (C=N–C) groups is 2. The van der Waals surface area contributed by atoms with Crippen molar-refractivity contribution in [2.45, 2.75) is 144 Å². The van der Waals surface area contributed by atoms with Crippen molar-refractivity contribution in [1.82, 2.24) is 31.9 Å². The van der Waals surface area contributed by atoms with Crippen LogP contribution in [0.2, 0.25) is 0 Å². The second-order valence-electron chi connectivity index (χ2n) is 29.5. The fraction of sp³-hybridized carbons (Fsp3) is 0.395. The number of benzene rings is 6. The molecule has 8 rings (SSSR count). The molecule has 566 valence electrons. The first-order valence-corrected chi connectivity index (χ1v) is 38.9. The molecule has 6 aromatic rings. The number of nitrogens with two attached hydrogens (primary N) is 4. The number of nitrogen functional groups attached to an aromatic ring is 2. The summed E-state index contributed by atoms with van der Waals surface area (Å²) in [6, 6.07) is 28.1. The summed E-state index contributed by atoms with van der Waals surface area (Å²) in [6.45, 7) is 29.3. The standard InChI is InChI=1S/C76H102N20O6S4/c1-42(97)90-57-36-50(75(9,10)11)37-59(63(57)105-26-22-83-69(79)80)95-67(101)46-18-15-19-47(31-46)68(102)96-60-39-51(38-58(91-43(2)98)64(60)106-27-23-84-70(81)82)76(12,13)40-52-41-89-72(92-52)88-25-29-104-62-54(78)33-49(74(6,7)8)35-56(62)94-66(100)45-17-14-16-44(30-45)65(99)93-55-34-48(73(3,4)5)32-53(77)61(55)103-28-24-87-71-85-20-21-86-71/h14-19,30-39,52H,20-29,40-41,77-78H2,1-13H3,(H,90,97)(H,91,98)(H,93,99)(H,94,100)(H,95,101)(H,96,102)(H4,79,80,83)(H4,81,82,84)(H2,85,86,87)(H2,88,89,92). The quantitative estimate of drug-likeness (QED) is 0.00682. The van der Waals surface area contributed by atoms with Crippen molar-refractivity contribution >= 4 is 152 Å². The molecule has 30 heteroatoms. The van der Waals surface area contributed by atoms with Gasteiger partial charge in [0.1, 0.15) is 0 Å². The van der Waals surface area contributed by atoms with Crippen molar-refractivity contribution in [3.63, 3.8) is 0 Å². The Balaban J connectivity index is 0.964. The molecular weight excluding hydrogens is 1420 g/mol. The lowest BCUT2D eigenvalue weighted by molar-refractivity contribution is -0.115. The molecule has 0 aliphatic carbocycles. The molecular formula is C76H102N20O6S4. The van der Waals surface area contributed by atoms with Crippen molar-refractivity contribution in [3.8, 4) is 0 Å². The second-order valence-corrected chi connectivity index (χ2v) is 33.9. The van der Waals surface area contributed by atoms with Crippen LogP contribution in [0.3, 0.4) is 0 Å². The molecule has 106 heavy (non-hydrogen) atoms. The lowest BCUT2D eigenvalue weighted by Gasteiger charge is -2.29. The number of carbonyl (C=O) groups is 6. The van der Waals surface area contributed by atoms with E-state index in [1.54, 1.807) is 42.5 Å². The number of rotatable bonds is 29. The van der Waals surface area contributed by atoms with Crippen LogP contribution in [0.1, 0.15) is 160 Å². The average molecular weight is 1520 g/mol. The van der Waals surface area contributed by atoms with Crippen molar-refractivity contribution in [2.24, 2.45) is 21.5 Å². The van der Waals surface area contributed by atoms with Crippen LogP contribution in [-0.4, -0.2) is 134 Å². The molecule has 1 atom stereocenters. The van der Waals surface area contributed by atoms with E-state index in [4.69, 9.17) is 38.7 Å². The Morgan fingerprint density at radius 3 is 1.16 bits per heavy atom. The van der Waals surface area contributed by atoms with E-state index in [1.165, 1.54) is 67.0 Å². The number of anilines is 8. The monoisotopic (exact) mass is 1520 g/mol.